The van der Waals surface area contributed by atoms with Crippen LogP contribution in [0.15, 0.2) is 22.7 Å². The molecule has 1 aromatic rings. The Hall–Kier alpha value is -0.540. The molecule has 17 heavy (non-hydrogen) atoms. The molecule has 0 saturated carbocycles. The third-order valence-corrected chi connectivity index (χ3v) is 3.43. The molecule has 1 rings (SSSR count). The minimum Gasteiger partial charge on any atom is -0.497 e. The summed E-state index contributed by atoms with van der Waals surface area (Å²) >= 11 is 3.52. The SMILES string of the molecule is CCCCCCOCc1cc(OC)ccc1Br. The second-order valence-electron chi connectivity index (χ2n) is 4.07. The summed E-state index contributed by atoms with van der Waals surface area (Å²) in [6.07, 6.45) is 4.97. The Labute approximate surface area is 112 Å². The second-order valence-corrected chi connectivity index (χ2v) is 4.92. The lowest BCUT2D eigenvalue weighted by molar-refractivity contribution is 0.116. The summed E-state index contributed by atoms with van der Waals surface area (Å²) in [5, 5.41) is 0. The zero-order chi connectivity index (χ0) is 12.5. The lowest BCUT2D eigenvalue weighted by Gasteiger charge is -2.08. The molecule has 0 spiro atoms. The van der Waals surface area contributed by atoms with E-state index in [1.807, 2.05) is 18.2 Å². The highest BCUT2D eigenvalue weighted by Gasteiger charge is 2.02. The van der Waals surface area contributed by atoms with Crippen LogP contribution >= 0.6 is 15.9 Å². The van der Waals surface area contributed by atoms with Gasteiger partial charge < -0.3 is 9.47 Å². The second kappa shape index (κ2) is 8.54. The zero-order valence-electron chi connectivity index (χ0n) is 10.7. The summed E-state index contributed by atoms with van der Waals surface area (Å²) < 4.78 is 11.9. The van der Waals surface area contributed by atoms with Crippen molar-refractivity contribution >= 4 is 15.9 Å². The fraction of sp³-hybridized carbons (Fsp3) is 0.571. The minimum atomic E-state index is 0.643. The van der Waals surface area contributed by atoms with E-state index in [4.69, 9.17) is 9.47 Å². The van der Waals surface area contributed by atoms with Crippen LogP contribution in [0.25, 0.3) is 0 Å². The first-order valence-corrected chi connectivity index (χ1v) is 6.97. The van der Waals surface area contributed by atoms with E-state index in [2.05, 4.69) is 22.9 Å². The summed E-state index contributed by atoms with van der Waals surface area (Å²) in [4.78, 5) is 0. The number of hydrogen-bond donors (Lipinski definition) is 0. The van der Waals surface area contributed by atoms with Crippen molar-refractivity contribution in [1.29, 1.82) is 0 Å². The highest BCUT2D eigenvalue weighted by Crippen LogP contribution is 2.23. The Balaban J connectivity index is 2.30. The highest BCUT2D eigenvalue weighted by molar-refractivity contribution is 9.10. The van der Waals surface area contributed by atoms with Crippen LogP contribution in [-0.2, 0) is 11.3 Å². The van der Waals surface area contributed by atoms with E-state index in [0.717, 1.165) is 28.8 Å². The van der Waals surface area contributed by atoms with Crippen molar-refractivity contribution < 1.29 is 9.47 Å². The van der Waals surface area contributed by atoms with Gasteiger partial charge in [-0.1, -0.05) is 42.1 Å². The molecule has 0 fully saturated rings. The number of unbranched alkanes of at least 4 members (excludes halogenated alkanes) is 3. The Morgan fingerprint density at radius 2 is 2.00 bits per heavy atom. The maximum Gasteiger partial charge on any atom is 0.119 e. The van der Waals surface area contributed by atoms with Crippen molar-refractivity contribution in [3.8, 4) is 5.75 Å². The first kappa shape index (κ1) is 14.5. The van der Waals surface area contributed by atoms with Crippen LogP contribution in [0, 0.1) is 0 Å². The van der Waals surface area contributed by atoms with E-state index in [0.29, 0.717) is 6.61 Å². The van der Waals surface area contributed by atoms with Gasteiger partial charge in [0.1, 0.15) is 5.75 Å². The number of ether oxygens (including phenoxy) is 2. The molecule has 3 heteroatoms. The van der Waals surface area contributed by atoms with Crippen LogP contribution in [0.5, 0.6) is 5.75 Å². The Morgan fingerprint density at radius 1 is 1.18 bits per heavy atom. The number of rotatable bonds is 8. The van der Waals surface area contributed by atoms with Crippen LogP contribution in [0.3, 0.4) is 0 Å². The number of halogens is 1. The summed E-state index contributed by atoms with van der Waals surface area (Å²) in [5.74, 6) is 0.873. The molecular formula is C14H21BrO2. The van der Waals surface area contributed by atoms with Gasteiger partial charge >= 0.3 is 0 Å². The molecule has 0 aliphatic heterocycles. The third kappa shape index (κ3) is 5.55. The van der Waals surface area contributed by atoms with Crippen LogP contribution in [0.4, 0.5) is 0 Å². The molecule has 0 bridgehead atoms. The molecule has 0 saturated heterocycles. The topological polar surface area (TPSA) is 18.5 Å². The van der Waals surface area contributed by atoms with Gasteiger partial charge in [-0.15, -0.1) is 0 Å². The normalized spacial score (nSPS) is 10.5. The van der Waals surface area contributed by atoms with Gasteiger partial charge in [0.2, 0.25) is 0 Å². The van der Waals surface area contributed by atoms with Gasteiger partial charge in [0, 0.05) is 11.1 Å². The molecule has 0 amide bonds. The van der Waals surface area contributed by atoms with Gasteiger partial charge in [-0.05, 0) is 30.2 Å². The number of methoxy groups -OCH3 is 1. The van der Waals surface area contributed by atoms with E-state index >= 15 is 0 Å². The summed E-state index contributed by atoms with van der Waals surface area (Å²) in [7, 11) is 1.68. The molecule has 0 unspecified atom stereocenters. The largest absolute Gasteiger partial charge is 0.497 e. The van der Waals surface area contributed by atoms with E-state index < -0.39 is 0 Å². The van der Waals surface area contributed by atoms with Gasteiger partial charge in [-0.2, -0.15) is 0 Å². The molecular weight excluding hydrogens is 280 g/mol. The van der Waals surface area contributed by atoms with Crippen molar-refractivity contribution in [2.45, 2.75) is 39.2 Å². The standard InChI is InChI=1S/C14H21BrO2/c1-3-4-5-6-9-17-11-12-10-13(16-2)7-8-14(12)15/h7-8,10H,3-6,9,11H2,1-2H3. The van der Waals surface area contributed by atoms with Crippen LogP contribution in [0.1, 0.15) is 38.2 Å². The van der Waals surface area contributed by atoms with Gasteiger partial charge in [-0.3, -0.25) is 0 Å². The van der Waals surface area contributed by atoms with Crippen molar-refractivity contribution in [2.75, 3.05) is 13.7 Å². The molecule has 1 aromatic carbocycles. The average Bonchev–Trinajstić information content (AvgIpc) is 2.35. The Bertz CT molecular complexity index is 326. The molecule has 0 aliphatic carbocycles. The van der Waals surface area contributed by atoms with Gasteiger partial charge in [0.05, 0.1) is 13.7 Å². The monoisotopic (exact) mass is 300 g/mol. The fourth-order valence-electron chi connectivity index (χ4n) is 1.60. The fourth-order valence-corrected chi connectivity index (χ4v) is 1.96. The first-order valence-electron chi connectivity index (χ1n) is 6.18. The summed E-state index contributed by atoms with van der Waals surface area (Å²) in [6.45, 7) is 3.70. The van der Waals surface area contributed by atoms with E-state index in [1.165, 1.54) is 19.3 Å². The molecule has 0 aliphatic rings. The number of benzene rings is 1. The maximum atomic E-state index is 5.66. The molecule has 0 aromatic heterocycles. The number of hydrogen-bond acceptors (Lipinski definition) is 2. The maximum absolute atomic E-state index is 5.66. The smallest absolute Gasteiger partial charge is 0.119 e. The van der Waals surface area contributed by atoms with Crippen molar-refractivity contribution in [1.82, 2.24) is 0 Å². The van der Waals surface area contributed by atoms with E-state index in [1.54, 1.807) is 7.11 Å². The van der Waals surface area contributed by atoms with Gasteiger partial charge in [0.25, 0.3) is 0 Å². The van der Waals surface area contributed by atoms with E-state index in [9.17, 15) is 0 Å². The highest BCUT2D eigenvalue weighted by atomic mass is 79.9. The lowest BCUT2D eigenvalue weighted by Crippen LogP contribution is -1.97. The van der Waals surface area contributed by atoms with Crippen molar-refractivity contribution in [2.24, 2.45) is 0 Å². The van der Waals surface area contributed by atoms with Gasteiger partial charge in [-0.25, -0.2) is 0 Å². The van der Waals surface area contributed by atoms with Crippen LogP contribution < -0.4 is 4.74 Å². The average molecular weight is 301 g/mol. The summed E-state index contributed by atoms with van der Waals surface area (Å²) in [5.41, 5.74) is 1.14. The molecule has 96 valence electrons. The Morgan fingerprint density at radius 3 is 2.71 bits per heavy atom. The third-order valence-electron chi connectivity index (χ3n) is 2.65. The lowest BCUT2D eigenvalue weighted by atomic mass is 10.2. The van der Waals surface area contributed by atoms with E-state index in [-0.39, 0.29) is 0 Å². The first-order chi connectivity index (χ1) is 8.27. The molecule has 0 radical (unpaired) electrons. The van der Waals surface area contributed by atoms with Gasteiger partial charge in [0.15, 0.2) is 0 Å². The van der Waals surface area contributed by atoms with Crippen molar-refractivity contribution in [3.63, 3.8) is 0 Å². The molecule has 0 N–H and O–H groups in total. The predicted octanol–water partition coefficient (Wildman–Crippen LogP) is 4.55. The molecule has 0 atom stereocenters. The zero-order valence-corrected chi connectivity index (χ0v) is 12.3. The quantitative estimate of drug-likeness (QED) is 0.656. The summed E-state index contributed by atoms with van der Waals surface area (Å²) in [6, 6.07) is 5.94. The minimum absolute atomic E-state index is 0.643. The molecule has 2 nitrogen and oxygen atoms in total. The van der Waals surface area contributed by atoms with Crippen molar-refractivity contribution in [3.05, 3.63) is 28.2 Å². The molecule has 0 heterocycles. The van der Waals surface area contributed by atoms with Crippen LogP contribution in [-0.4, -0.2) is 13.7 Å². The van der Waals surface area contributed by atoms with Crippen LogP contribution in [0.2, 0.25) is 0 Å². The predicted molar refractivity (Wildman–Crippen MR) is 74.5 cm³/mol. The Kier molecular flexibility index (Phi) is 7.29.